The van der Waals surface area contributed by atoms with Gasteiger partial charge in [-0.2, -0.15) is 30.7 Å². The zero-order valence-electron chi connectivity index (χ0n) is 26.3. The van der Waals surface area contributed by atoms with Crippen molar-refractivity contribution in [1.82, 2.24) is 0 Å². The smallest absolute Gasteiger partial charge is 0.330 e. The Morgan fingerprint density at radius 3 is 1.69 bits per heavy atom. The van der Waals surface area contributed by atoms with Crippen LogP contribution in [0.1, 0.15) is 44.7 Å². The number of rotatable bonds is 14. The maximum absolute atomic E-state index is 11.7. The van der Waals surface area contributed by atoms with E-state index in [9.17, 15) is 4.79 Å². The highest BCUT2D eigenvalue weighted by Crippen LogP contribution is 2.29. The second-order valence-corrected chi connectivity index (χ2v) is 10.2. The summed E-state index contributed by atoms with van der Waals surface area (Å²) in [6.45, 7) is 10.7. The quantitative estimate of drug-likeness (QED) is 0.0621. The fraction of sp³-hybridized carbons (Fsp3) is 0.250. The van der Waals surface area contributed by atoms with Gasteiger partial charge in [0.25, 0.3) is 0 Å². The molecule has 0 aliphatic rings. The number of unbranched alkanes of at least 4 members (excludes halogenated alkanes) is 1. The van der Waals surface area contributed by atoms with E-state index in [4.69, 9.17) is 4.74 Å². The van der Waals surface area contributed by atoms with Crippen LogP contribution in [0.25, 0.3) is 6.08 Å². The molecule has 0 saturated heterocycles. The first-order valence-electron chi connectivity index (χ1n) is 15.2. The Morgan fingerprint density at radius 2 is 1.16 bits per heavy atom. The summed E-state index contributed by atoms with van der Waals surface area (Å²) in [4.78, 5) is 14.0. The first-order valence-corrected chi connectivity index (χ1v) is 15.2. The minimum Gasteiger partial charge on any atom is -0.463 e. The summed E-state index contributed by atoms with van der Waals surface area (Å²) in [6.07, 6.45) is 5.01. The van der Waals surface area contributed by atoms with Gasteiger partial charge in [-0.05, 0) is 123 Å². The maximum Gasteiger partial charge on any atom is 0.330 e. The summed E-state index contributed by atoms with van der Waals surface area (Å²) in [5.41, 5.74) is 7.42. The number of nitrogens with zero attached hydrogens (tertiary/aromatic N) is 7. The number of hydrogen-bond acceptors (Lipinski definition) is 9. The molecule has 0 atom stereocenters. The van der Waals surface area contributed by atoms with E-state index in [0.29, 0.717) is 23.7 Å². The highest BCUT2D eigenvalue weighted by atomic mass is 16.5. The van der Waals surface area contributed by atoms with E-state index in [1.807, 2.05) is 85.8 Å². The predicted molar refractivity (Wildman–Crippen MR) is 181 cm³/mol. The molecule has 0 fully saturated rings. The molecule has 0 amide bonds. The van der Waals surface area contributed by atoms with Crippen LogP contribution in [-0.2, 0) is 9.53 Å². The van der Waals surface area contributed by atoms with Crippen LogP contribution in [0, 0.1) is 6.92 Å². The zero-order chi connectivity index (χ0) is 31.9. The van der Waals surface area contributed by atoms with Crippen LogP contribution in [-0.4, -0.2) is 25.7 Å². The third kappa shape index (κ3) is 10.4. The van der Waals surface area contributed by atoms with Gasteiger partial charge in [0.1, 0.15) is 0 Å². The molecule has 9 nitrogen and oxygen atoms in total. The summed E-state index contributed by atoms with van der Waals surface area (Å²) in [6, 6.07) is 28.6. The van der Waals surface area contributed by atoms with E-state index >= 15 is 0 Å². The SMILES string of the molecule is CCCCOC(=O)C=Cc1ccc(N=Nc2ccc(N=Nc3ccc(N=Nc4ccc(N(CC)CC)cc4)cc3C)cc2)cc1. The lowest BCUT2D eigenvalue weighted by Gasteiger charge is -2.20. The first-order chi connectivity index (χ1) is 22.0. The molecule has 9 heteroatoms. The van der Waals surface area contributed by atoms with Gasteiger partial charge in [-0.25, -0.2) is 4.79 Å². The van der Waals surface area contributed by atoms with E-state index < -0.39 is 0 Å². The van der Waals surface area contributed by atoms with E-state index in [1.54, 1.807) is 6.08 Å². The van der Waals surface area contributed by atoms with Gasteiger partial charge >= 0.3 is 5.97 Å². The van der Waals surface area contributed by atoms with Crippen molar-refractivity contribution in [1.29, 1.82) is 0 Å². The van der Waals surface area contributed by atoms with E-state index in [0.717, 1.165) is 54.1 Å². The fourth-order valence-electron chi connectivity index (χ4n) is 4.24. The summed E-state index contributed by atoms with van der Waals surface area (Å²) >= 11 is 0. The Hall–Kier alpha value is -5.31. The largest absolute Gasteiger partial charge is 0.463 e. The number of carbonyl (C=O) groups is 1. The van der Waals surface area contributed by atoms with Crippen molar-refractivity contribution in [2.75, 3.05) is 24.6 Å². The number of ether oxygens (including phenoxy) is 1. The van der Waals surface area contributed by atoms with Crippen molar-refractivity contribution in [3.05, 3.63) is 108 Å². The third-order valence-corrected chi connectivity index (χ3v) is 6.89. The monoisotopic (exact) mass is 601 g/mol. The topological polar surface area (TPSA) is 104 Å². The van der Waals surface area contributed by atoms with Crippen molar-refractivity contribution in [3.8, 4) is 0 Å². The van der Waals surface area contributed by atoms with Gasteiger partial charge < -0.3 is 9.64 Å². The Bertz CT molecular complexity index is 1640. The standard InChI is InChI=1S/C36H39N7O2/c1-5-8-25-45-36(44)24-11-28-9-12-29(13-10-28)37-38-30-14-16-31(17-15-30)40-42-35-23-20-33(26-27(35)4)41-39-32-18-21-34(22-19-32)43(6-2)7-3/h9-24,26H,5-8,25H2,1-4H3. The van der Waals surface area contributed by atoms with Gasteiger partial charge in [-0.15, -0.1) is 0 Å². The Morgan fingerprint density at radius 1 is 0.667 bits per heavy atom. The molecule has 4 rings (SSSR count). The molecule has 4 aromatic rings. The van der Waals surface area contributed by atoms with Crippen molar-refractivity contribution in [2.24, 2.45) is 30.7 Å². The Kier molecular flexibility index (Phi) is 12.4. The first kappa shape index (κ1) is 32.6. The highest BCUT2D eigenvalue weighted by molar-refractivity contribution is 5.87. The molecule has 0 aromatic heterocycles. The summed E-state index contributed by atoms with van der Waals surface area (Å²) in [7, 11) is 0. The number of hydrogen-bond donors (Lipinski definition) is 0. The van der Waals surface area contributed by atoms with Gasteiger partial charge in [-0.3, -0.25) is 0 Å². The van der Waals surface area contributed by atoms with Crippen molar-refractivity contribution in [2.45, 2.75) is 40.5 Å². The minimum absolute atomic E-state index is 0.338. The molecule has 4 aromatic carbocycles. The number of benzene rings is 4. The molecule has 0 aliphatic carbocycles. The van der Waals surface area contributed by atoms with Gasteiger partial charge in [0.05, 0.1) is 40.7 Å². The van der Waals surface area contributed by atoms with Crippen LogP contribution in [0.3, 0.4) is 0 Å². The number of esters is 1. The van der Waals surface area contributed by atoms with Crippen LogP contribution < -0.4 is 4.90 Å². The Labute approximate surface area is 265 Å². The molecule has 0 unspecified atom stereocenters. The average Bonchev–Trinajstić information content (AvgIpc) is 3.07. The number of carbonyl (C=O) groups excluding carboxylic acids is 1. The lowest BCUT2D eigenvalue weighted by atomic mass is 10.2. The number of azo groups is 3. The summed E-state index contributed by atoms with van der Waals surface area (Å²) < 4.78 is 5.12. The second-order valence-electron chi connectivity index (χ2n) is 10.2. The fourth-order valence-corrected chi connectivity index (χ4v) is 4.24. The van der Waals surface area contributed by atoms with Crippen molar-refractivity contribution in [3.63, 3.8) is 0 Å². The van der Waals surface area contributed by atoms with E-state index in [1.165, 1.54) is 11.8 Å². The second kappa shape index (κ2) is 17.1. The molecule has 0 N–H and O–H groups in total. The van der Waals surface area contributed by atoms with Crippen LogP contribution in [0.5, 0.6) is 0 Å². The van der Waals surface area contributed by atoms with Gasteiger partial charge in [-0.1, -0.05) is 25.5 Å². The summed E-state index contributed by atoms with van der Waals surface area (Å²) in [5.74, 6) is -0.338. The lowest BCUT2D eigenvalue weighted by Crippen LogP contribution is -2.21. The number of aryl methyl sites for hydroxylation is 1. The molecule has 0 spiro atoms. The Balaban J connectivity index is 1.30. The van der Waals surface area contributed by atoms with Gasteiger partial charge in [0, 0.05) is 24.9 Å². The van der Waals surface area contributed by atoms with Crippen LogP contribution >= 0.6 is 0 Å². The van der Waals surface area contributed by atoms with E-state index in [-0.39, 0.29) is 5.97 Å². The molecule has 0 heterocycles. The van der Waals surface area contributed by atoms with Crippen LogP contribution in [0.2, 0.25) is 0 Å². The minimum atomic E-state index is -0.338. The normalized spacial score (nSPS) is 11.7. The predicted octanol–water partition coefficient (Wildman–Crippen LogP) is 11.4. The average molecular weight is 602 g/mol. The van der Waals surface area contributed by atoms with Gasteiger partial charge in [0.15, 0.2) is 0 Å². The van der Waals surface area contributed by atoms with E-state index in [2.05, 4.69) is 68.5 Å². The molecule has 0 bridgehead atoms. The molecule has 230 valence electrons. The maximum atomic E-state index is 11.7. The zero-order valence-corrected chi connectivity index (χ0v) is 26.3. The van der Waals surface area contributed by atoms with Crippen LogP contribution in [0.15, 0.2) is 128 Å². The molecule has 0 aliphatic heterocycles. The van der Waals surface area contributed by atoms with Crippen molar-refractivity contribution < 1.29 is 9.53 Å². The molecular weight excluding hydrogens is 562 g/mol. The van der Waals surface area contributed by atoms with Crippen molar-refractivity contribution >= 4 is 51.9 Å². The van der Waals surface area contributed by atoms with Gasteiger partial charge in [0.2, 0.25) is 0 Å². The summed E-state index contributed by atoms with van der Waals surface area (Å²) in [5, 5.41) is 26.2. The highest BCUT2D eigenvalue weighted by Gasteiger charge is 2.03. The number of anilines is 1. The molecular formula is C36H39N7O2. The molecule has 45 heavy (non-hydrogen) atoms. The third-order valence-electron chi connectivity index (χ3n) is 6.89. The van der Waals surface area contributed by atoms with Crippen LogP contribution in [0.4, 0.5) is 39.8 Å². The molecule has 0 radical (unpaired) electrons. The molecule has 0 saturated carbocycles. The lowest BCUT2D eigenvalue weighted by molar-refractivity contribution is -0.137.